The fourth-order valence-electron chi connectivity index (χ4n) is 3.79. The standard InChI is InChI=1S/C23H16N6S/c1-13-2-5-21(30-13)23-17-9-20(27-18(17)6-7-26-23)22-16-8-14(3-4-19(16)28-29-22)15-10-24-12-25-11-15/h2-12,27H,1H3,(H,28,29). The minimum absolute atomic E-state index is 0.883. The molecule has 144 valence electrons. The summed E-state index contributed by atoms with van der Waals surface area (Å²) in [5, 5.41) is 9.88. The normalized spacial score (nSPS) is 11.5. The first kappa shape index (κ1) is 17.1. The van der Waals surface area contributed by atoms with Crippen LogP contribution in [0.5, 0.6) is 0 Å². The number of hydrogen-bond acceptors (Lipinski definition) is 5. The molecule has 0 aliphatic heterocycles. The van der Waals surface area contributed by atoms with Gasteiger partial charge in [0.25, 0.3) is 0 Å². The van der Waals surface area contributed by atoms with Gasteiger partial charge >= 0.3 is 0 Å². The molecule has 5 heterocycles. The second-order valence-corrected chi connectivity index (χ2v) is 8.46. The second-order valence-electron chi connectivity index (χ2n) is 7.17. The summed E-state index contributed by atoms with van der Waals surface area (Å²) in [6.45, 7) is 2.11. The zero-order valence-electron chi connectivity index (χ0n) is 16.0. The third-order valence-corrected chi connectivity index (χ3v) is 6.24. The summed E-state index contributed by atoms with van der Waals surface area (Å²) in [7, 11) is 0. The lowest BCUT2D eigenvalue weighted by atomic mass is 10.0. The summed E-state index contributed by atoms with van der Waals surface area (Å²) in [6.07, 6.45) is 7.02. The molecule has 0 bridgehead atoms. The van der Waals surface area contributed by atoms with Gasteiger partial charge < -0.3 is 4.98 Å². The summed E-state index contributed by atoms with van der Waals surface area (Å²) in [6, 6.07) is 14.6. The van der Waals surface area contributed by atoms with E-state index in [4.69, 9.17) is 0 Å². The topological polar surface area (TPSA) is 83.1 Å². The van der Waals surface area contributed by atoms with Crippen LogP contribution < -0.4 is 0 Å². The Hall–Kier alpha value is -3.84. The maximum atomic E-state index is 4.65. The molecular weight excluding hydrogens is 392 g/mol. The summed E-state index contributed by atoms with van der Waals surface area (Å²) in [4.78, 5) is 18.9. The van der Waals surface area contributed by atoms with Gasteiger partial charge in [-0.25, -0.2) is 9.97 Å². The van der Waals surface area contributed by atoms with Gasteiger partial charge in [0.1, 0.15) is 12.0 Å². The average Bonchev–Trinajstić information content (AvgIpc) is 3.51. The SMILES string of the molecule is Cc1ccc(-c2nccc3[nH]c(-c4n[nH]c5ccc(-c6cncnc6)cc45)cc23)s1. The fraction of sp³-hybridized carbons (Fsp3) is 0.0435. The summed E-state index contributed by atoms with van der Waals surface area (Å²) in [5.41, 5.74) is 6.89. The van der Waals surface area contributed by atoms with Crippen LogP contribution in [0.1, 0.15) is 4.88 Å². The van der Waals surface area contributed by atoms with E-state index in [1.807, 2.05) is 30.7 Å². The van der Waals surface area contributed by atoms with Crippen LogP contribution in [0.25, 0.3) is 54.9 Å². The molecule has 0 unspecified atom stereocenters. The van der Waals surface area contributed by atoms with E-state index in [9.17, 15) is 0 Å². The molecule has 30 heavy (non-hydrogen) atoms. The van der Waals surface area contributed by atoms with Crippen molar-refractivity contribution in [2.24, 2.45) is 0 Å². The van der Waals surface area contributed by atoms with Crippen molar-refractivity contribution >= 4 is 33.1 Å². The quantitative estimate of drug-likeness (QED) is 0.399. The van der Waals surface area contributed by atoms with Gasteiger partial charge in [0.15, 0.2) is 0 Å². The highest BCUT2D eigenvalue weighted by Gasteiger charge is 2.15. The number of benzene rings is 1. The van der Waals surface area contributed by atoms with Crippen LogP contribution in [0.4, 0.5) is 0 Å². The first-order valence-corrected chi connectivity index (χ1v) is 10.4. The van der Waals surface area contributed by atoms with E-state index >= 15 is 0 Å². The number of hydrogen-bond donors (Lipinski definition) is 2. The number of aromatic nitrogens is 6. The number of nitrogens with zero attached hydrogens (tertiary/aromatic N) is 4. The van der Waals surface area contributed by atoms with Crippen molar-refractivity contribution in [2.75, 3.05) is 0 Å². The zero-order chi connectivity index (χ0) is 20.1. The van der Waals surface area contributed by atoms with Crippen molar-refractivity contribution in [2.45, 2.75) is 6.92 Å². The number of thiophene rings is 1. The molecule has 1 aromatic carbocycles. The molecule has 0 fully saturated rings. The van der Waals surface area contributed by atoms with Crippen LogP contribution >= 0.6 is 11.3 Å². The smallest absolute Gasteiger partial charge is 0.116 e. The molecule has 2 N–H and O–H groups in total. The number of fused-ring (bicyclic) bond motifs is 2. The molecule has 0 amide bonds. The van der Waals surface area contributed by atoms with Crippen LogP contribution in [0, 0.1) is 6.92 Å². The van der Waals surface area contributed by atoms with E-state index < -0.39 is 0 Å². The number of aromatic amines is 2. The maximum absolute atomic E-state index is 4.65. The van der Waals surface area contributed by atoms with Crippen LogP contribution in [0.2, 0.25) is 0 Å². The minimum atomic E-state index is 0.883. The Labute approximate surface area is 175 Å². The average molecular weight is 408 g/mol. The van der Waals surface area contributed by atoms with E-state index in [0.29, 0.717) is 0 Å². The lowest BCUT2D eigenvalue weighted by Crippen LogP contribution is -1.83. The van der Waals surface area contributed by atoms with Crippen LogP contribution in [0.15, 0.2) is 67.4 Å². The Morgan fingerprint density at radius 3 is 2.53 bits per heavy atom. The molecule has 6 rings (SSSR count). The third-order valence-electron chi connectivity index (χ3n) is 5.23. The van der Waals surface area contributed by atoms with Gasteiger partial charge in [-0.05, 0) is 48.9 Å². The van der Waals surface area contributed by atoms with Crippen LogP contribution in [0.3, 0.4) is 0 Å². The lowest BCUT2D eigenvalue weighted by Gasteiger charge is -2.01. The number of pyridine rings is 1. The zero-order valence-corrected chi connectivity index (χ0v) is 16.9. The van der Waals surface area contributed by atoms with E-state index in [0.717, 1.165) is 50.0 Å². The first-order valence-electron chi connectivity index (χ1n) is 9.55. The monoisotopic (exact) mass is 408 g/mol. The van der Waals surface area contributed by atoms with Gasteiger partial charge in [0, 0.05) is 45.3 Å². The fourth-order valence-corrected chi connectivity index (χ4v) is 4.66. The van der Waals surface area contributed by atoms with E-state index in [1.54, 1.807) is 11.3 Å². The largest absolute Gasteiger partial charge is 0.353 e. The van der Waals surface area contributed by atoms with Gasteiger partial charge in [-0.15, -0.1) is 11.3 Å². The third kappa shape index (κ3) is 2.71. The lowest BCUT2D eigenvalue weighted by molar-refractivity contribution is 1.12. The highest BCUT2D eigenvalue weighted by Crippen LogP contribution is 2.36. The molecule has 0 radical (unpaired) electrons. The Morgan fingerprint density at radius 2 is 1.70 bits per heavy atom. The van der Waals surface area contributed by atoms with Crippen molar-refractivity contribution in [3.8, 4) is 33.1 Å². The maximum Gasteiger partial charge on any atom is 0.116 e. The highest BCUT2D eigenvalue weighted by atomic mass is 32.1. The van der Waals surface area contributed by atoms with Gasteiger partial charge in [-0.2, -0.15) is 5.10 Å². The molecule has 0 aliphatic carbocycles. The van der Waals surface area contributed by atoms with Crippen molar-refractivity contribution in [1.82, 2.24) is 30.1 Å². The Morgan fingerprint density at radius 1 is 0.833 bits per heavy atom. The van der Waals surface area contributed by atoms with E-state index in [-0.39, 0.29) is 0 Å². The number of nitrogens with one attached hydrogen (secondary N) is 2. The van der Waals surface area contributed by atoms with Crippen LogP contribution in [-0.2, 0) is 0 Å². The molecule has 6 aromatic rings. The van der Waals surface area contributed by atoms with Gasteiger partial charge in [0.05, 0.1) is 21.8 Å². The van der Waals surface area contributed by atoms with E-state index in [2.05, 4.69) is 67.4 Å². The molecule has 5 aromatic heterocycles. The highest BCUT2D eigenvalue weighted by molar-refractivity contribution is 7.15. The molecular formula is C23H16N6S. The van der Waals surface area contributed by atoms with Crippen molar-refractivity contribution in [3.05, 3.63) is 72.3 Å². The number of rotatable bonds is 3. The Balaban J connectivity index is 1.52. The summed E-state index contributed by atoms with van der Waals surface area (Å²) >= 11 is 1.75. The number of H-pyrrole nitrogens is 2. The van der Waals surface area contributed by atoms with Gasteiger partial charge in [0.2, 0.25) is 0 Å². The van der Waals surface area contributed by atoms with Gasteiger partial charge in [-0.1, -0.05) is 6.07 Å². The van der Waals surface area contributed by atoms with Crippen molar-refractivity contribution < 1.29 is 0 Å². The van der Waals surface area contributed by atoms with Gasteiger partial charge in [-0.3, -0.25) is 10.1 Å². The Kier molecular flexibility index (Phi) is 3.75. The molecule has 7 heteroatoms. The second kappa shape index (κ2) is 6.60. The molecule has 0 aliphatic rings. The predicted octanol–water partition coefficient (Wildman–Crippen LogP) is 5.60. The Bertz CT molecular complexity index is 1510. The summed E-state index contributed by atoms with van der Waals surface area (Å²) < 4.78 is 0. The van der Waals surface area contributed by atoms with E-state index in [1.165, 1.54) is 16.1 Å². The van der Waals surface area contributed by atoms with Crippen molar-refractivity contribution in [3.63, 3.8) is 0 Å². The predicted molar refractivity (Wildman–Crippen MR) is 120 cm³/mol. The summed E-state index contributed by atoms with van der Waals surface area (Å²) in [5.74, 6) is 0. The molecule has 0 saturated heterocycles. The molecule has 0 saturated carbocycles. The molecule has 6 nitrogen and oxygen atoms in total. The minimum Gasteiger partial charge on any atom is -0.353 e. The first-order chi connectivity index (χ1) is 14.8. The molecule has 0 spiro atoms. The number of aryl methyl sites for hydroxylation is 1. The molecule has 0 atom stereocenters. The van der Waals surface area contributed by atoms with Crippen LogP contribution in [-0.4, -0.2) is 30.1 Å². The van der Waals surface area contributed by atoms with Crippen molar-refractivity contribution in [1.29, 1.82) is 0 Å².